The van der Waals surface area contributed by atoms with Crippen LogP contribution < -0.4 is 0 Å². The second kappa shape index (κ2) is 42.5. The molecular formula is C91H73ClN3Ni3O6. The molecular weight excluding hydrogens is 1440 g/mol. The van der Waals surface area contributed by atoms with Crippen molar-refractivity contribution < 1.29 is 78.2 Å². The fraction of sp³-hybridized carbons (Fsp3) is 0.0440. The number of aryl methyl sites for hydroxylation is 4. The first-order chi connectivity index (χ1) is 47.7. The predicted molar refractivity (Wildman–Crippen MR) is 413 cm³/mol. The van der Waals surface area contributed by atoms with E-state index in [0.717, 1.165) is 61.3 Å². The third-order valence-electron chi connectivity index (χ3n) is 15.6. The first-order valence-corrected chi connectivity index (χ1v) is 31.9. The molecule has 15 rings (SSSR count). The SMILES string of the molecule is Cc1cc(C)c([N-]C2=CC(=O)c3ccccc3C2=O)c(Cl)c1.Cc1cccc(C)c1[N-]C1=CC(=O)c2ccccc2C1=O.O=C1C=C([N-]c2c(-c3ccccc3)cc(-c3ccccc3)cc2-c2ccccc2)C(=O)c2ccccc21.[CH3-].[CH3-].[CH3-].[Ni+3].[Ni+3].[Ni+3].[c-]1ccccc1.[c-]1ccccc1.[c-]1ccccc1. The zero-order chi connectivity index (χ0) is 68.8. The topological polar surface area (TPSA) is 145 Å². The number of rotatable bonds is 9. The van der Waals surface area contributed by atoms with Crippen LogP contribution in [0.2, 0.25) is 5.02 Å². The Labute approximate surface area is 647 Å². The number of carbonyl (C=O) groups excluding carboxylic acids is 6. The number of nitrogens with zero attached hydrogens (tertiary/aromatic N) is 3. The molecule has 12 aromatic rings. The second-order valence-electron chi connectivity index (χ2n) is 22.5. The molecule has 0 saturated heterocycles. The minimum absolute atomic E-state index is 0. The number of fused-ring (bicyclic) bond motifs is 3. The summed E-state index contributed by atoms with van der Waals surface area (Å²) in [6, 6.07) is 102. The van der Waals surface area contributed by atoms with Crippen molar-refractivity contribution in [2.24, 2.45) is 0 Å². The standard InChI is InChI=1S/C34H23NO2.C18H14ClNO2.C18H15NO2.3C6H5.3CH3.3Ni/c36-32-22-31(34(37)28-19-11-10-18-27(28)32)35-33-29(24-14-6-2-7-15-24)20-26(23-12-4-1-5-13-23)21-30(33)25-16-8-3-9-17-25;1-10-7-11(2)17(14(19)8-10)20-15-9-16(21)12-5-3-4-6-13(12)18(15)22;1-11-6-5-7-12(2)17(11)19-15-10-16(20)13-8-3-4-9-14(13)18(15)21;3*1-2-4-6-5-3-1;;;;;;/h1-22H,(H,35,36);3-9H,1-2H3,(H,20,21);3-10H,1-2H3,(H,19,20);3*1-5H;3*1H3;;;/q;;;6*-1;3*+3/p-3. The summed E-state index contributed by atoms with van der Waals surface area (Å²) in [5.41, 5.74) is 14.6. The van der Waals surface area contributed by atoms with Crippen LogP contribution in [0, 0.1) is 68.2 Å². The van der Waals surface area contributed by atoms with E-state index in [1.54, 1.807) is 78.9 Å². The van der Waals surface area contributed by atoms with Gasteiger partial charge in [0, 0.05) is 38.4 Å². The third kappa shape index (κ3) is 22.3. The van der Waals surface area contributed by atoms with Gasteiger partial charge in [0.2, 0.25) is 0 Å². The monoisotopic (exact) mass is 1510 g/mol. The van der Waals surface area contributed by atoms with Crippen molar-refractivity contribution in [2.75, 3.05) is 0 Å². The van der Waals surface area contributed by atoms with Gasteiger partial charge < -0.3 is 38.2 Å². The maximum absolute atomic E-state index is 13.4. The van der Waals surface area contributed by atoms with Gasteiger partial charge in [-0.25, -0.2) is 0 Å². The number of ketones is 6. The summed E-state index contributed by atoms with van der Waals surface area (Å²) in [6.45, 7) is 7.69. The predicted octanol–water partition coefficient (Wildman–Crippen LogP) is 23.7. The number of Topliss-reactive ketones (excluding diaryl/α,β-unsaturated/α-hetero) is 3. The van der Waals surface area contributed by atoms with Gasteiger partial charge in [-0.2, -0.15) is 109 Å². The molecule has 3 aliphatic carbocycles. The van der Waals surface area contributed by atoms with Crippen molar-refractivity contribution in [2.45, 2.75) is 27.7 Å². The van der Waals surface area contributed by atoms with E-state index in [0.29, 0.717) is 49.8 Å². The van der Waals surface area contributed by atoms with Crippen LogP contribution in [0.4, 0.5) is 17.1 Å². The molecule has 9 nitrogen and oxygen atoms in total. The molecule has 0 unspecified atom stereocenters. The maximum atomic E-state index is 13.4. The molecule has 13 heteroatoms. The van der Waals surface area contributed by atoms with Crippen molar-refractivity contribution in [3.05, 3.63) is 450 Å². The van der Waals surface area contributed by atoms with E-state index in [1.165, 1.54) is 18.2 Å². The molecule has 0 aliphatic heterocycles. The van der Waals surface area contributed by atoms with Gasteiger partial charge in [0.15, 0.2) is 34.7 Å². The number of benzene rings is 12. The van der Waals surface area contributed by atoms with Crippen LogP contribution in [0.3, 0.4) is 0 Å². The zero-order valence-electron chi connectivity index (χ0n) is 58.1. The van der Waals surface area contributed by atoms with Gasteiger partial charge in [0.25, 0.3) is 0 Å². The minimum atomic E-state index is -0.258. The fourth-order valence-electron chi connectivity index (χ4n) is 10.8. The first-order valence-electron chi connectivity index (χ1n) is 31.5. The number of hydrogen-bond acceptors (Lipinski definition) is 6. The average Bonchev–Trinajstić information content (AvgIpc) is 0.770. The van der Waals surface area contributed by atoms with Gasteiger partial charge in [-0.15, -0.1) is 17.1 Å². The van der Waals surface area contributed by atoms with Crippen LogP contribution in [0.15, 0.2) is 333 Å². The van der Waals surface area contributed by atoms with Crippen molar-refractivity contribution >= 4 is 63.4 Å². The van der Waals surface area contributed by atoms with E-state index in [4.69, 9.17) is 16.9 Å². The van der Waals surface area contributed by atoms with Gasteiger partial charge in [-0.05, 0) is 103 Å². The fourth-order valence-corrected chi connectivity index (χ4v) is 11.2. The molecule has 0 aromatic heterocycles. The van der Waals surface area contributed by atoms with E-state index in [-0.39, 0.29) is 124 Å². The molecule has 525 valence electrons. The van der Waals surface area contributed by atoms with E-state index < -0.39 is 0 Å². The summed E-state index contributed by atoms with van der Waals surface area (Å²) >= 11 is 6.22. The minimum Gasteiger partial charge on any atom is -0.654 e. The Hall–Kier alpha value is -10.9. The van der Waals surface area contributed by atoms with Crippen LogP contribution in [0.25, 0.3) is 49.3 Å². The summed E-state index contributed by atoms with van der Waals surface area (Å²) in [6.07, 6.45) is 3.97. The maximum Gasteiger partial charge on any atom is 3.00 e. The Morgan fingerprint density at radius 1 is 0.269 bits per heavy atom. The van der Waals surface area contributed by atoms with E-state index in [1.807, 2.05) is 222 Å². The molecule has 0 spiro atoms. The van der Waals surface area contributed by atoms with Crippen LogP contribution >= 0.6 is 11.6 Å². The van der Waals surface area contributed by atoms with Crippen molar-refractivity contribution in [1.82, 2.24) is 0 Å². The Morgan fingerprint density at radius 2 is 0.558 bits per heavy atom. The Bertz CT molecular complexity index is 4680. The Kier molecular flexibility index (Phi) is 34.9. The second-order valence-corrected chi connectivity index (χ2v) is 23.0. The van der Waals surface area contributed by atoms with E-state index >= 15 is 0 Å². The van der Waals surface area contributed by atoms with E-state index in [9.17, 15) is 28.8 Å². The molecule has 0 saturated carbocycles. The quantitative estimate of drug-likeness (QED) is 0.104. The molecule has 3 aliphatic rings. The van der Waals surface area contributed by atoms with Crippen LogP contribution in [-0.4, -0.2) is 34.7 Å². The largest absolute Gasteiger partial charge is 3.00 e. The molecule has 0 bridgehead atoms. The van der Waals surface area contributed by atoms with Gasteiger partial charge in [0.1, 0.15) is 0 Å². The van der Waals surface area contributed by atoms with E-state index in [2.05, 4.69) is 53.1 Å². The van der Waals surface area contributed by atoms with Crippen molar-refractivity contribution in [3.8, 4) is 33.4 Å². The summed E-state index contributed by atoms with van der Waals surface area (Å²) in [4.78, 5) is 75.5. The number of para-hydroxylation sites is 1. The molecule has 0 atom stereocenters. The summed E-state index contributed by atoms with van der Waals surface area (Å²) in [7, 11) is 0. The Morgan fingerprint density at radius 3 is 0.865 bits per heavy atom. The van der Waals surface area contributed by atoms with Crippen LogP contribution in [0.1, 0.15) is 84.4 Å². The molecule has 3 radical (unpaired) electrons. The van der Waals surface area contributed by atoms with Gasteiger partial charge in [0.05, 0.1) is 0 Å². The number of hydrogen-bond donors (Lipinski definition) is 0. The summed E-state index contributed by atoms with van der Waals surface area (Å²) in [5.74, 6) is -1.30. The van der Waals surface area contributed by atoms with Gasteiger partial charge in [-0.1, -0.05) is 233 Å². The van der Waals surface area contributed by atoms with Gasteiger partial charge >= 0.3 is 49.5 Å². The van der Waals surface area contributed by atoms with Crippen LogP contribution in [0.5, 0.6) is 0 Å². The zero-order valence-corrected chi connectivity index (χ0v) is 61.9. The third-order valence-corrected chi connectivity index (χ3v) is 15.8. The first kappa shape index (κ1) is 85.5. The summed E-state index contributed by atoms with van der Waals surface area (Å²) < 4.78 is 0. The smallest absolute Gasteiger partial charge is 0.654 e. The van der Waals surface area contributed by atoms with Gasteiger partial charge in [-0.3, -0.25) is 28.8 Å². The normalized spacial score (nSPS) is 11.5. The molecule has 0 N–H and O–H groups in total. The molecule has 0 fully saturated rings. The molecule has 12 aromatic carbocycles. The van der Waals surface area contributed by atoms with Crippen LogP contribution in [-0.2, 0) is 49.5 Å². The van der Waals surface area contributed by atoms with Crippen molar-refractivity contribution in [1.29, 1.82) is 0 Å². The number of carbonyl (C=O) groups is 6. The average molecular weight is 1520 g/mol. The molecule has 0 amide bonds. The molecule has 104 heavy (non-hydrogen) atoms. The Balaban J connectivity index is 0.000000295. The number of halogens is 1. The summed E-state index contributed by atoms with van der Waals surface area (Å²) in [5, 5.41) is 14.2. The number of allylic oxidation sites excluding steroid dienone is 6. The molecule has 0 heterocycles. The van der Waals surface area contributed by atoms with Crippen molar-refractivity contribution in [3.63, 3.8) is 0 Å².